The van der Waals surface area contributed by atoms with Crippen LogP contribution in [-0.2, 0) is 0 Å². The summed E-state index contributed by atoms with van der Waals surface area (Å²) in [6.07, 6.45) is 0. The van der Waals surface area contributed by atoms with Crippen LogP contribution in [0.4, 0.5) is 0 Å². The van der Waals surface area contributed by atoms with Gasteiger partial charge in [0, 0.05) is 42.9 Å². The lowest BCUT2D eigenvalue weighted by molar-refractivity contribution is 1.01. The van der Waals surface area contributed by atoms with E-state index >= 15 is 0 Å². The van der Waals surface area contributed by atoms with Gasteiger partial charge in [-0.15, -0.1) is 11.3 Å². The largest absolute Gasteiger partial charge is 0.278 e. The fourth-order valence-electron chi connectivity index (χ4n) is 11.8. The van der Waals surface area contributed by atoms with E-state index in [2.05, 4.69) is 246 Å². The van der Waals surface area contributed by atoms with Crippen LogP contribution >= 0.6 is 11.3 Å². The van der Waals surface area contributed by atoms with Crippen molar-refractivity contribution in [3.8, 4) is 56.0 Å². The van der Waals surface area contributed by atoms with E-state index in [0.29, 0.717) is 11.9 Å². The summed E-state index contributed by atoms with van der Waals surface area (Å²) in [5, 5.41) is 12.7. The minimum Gasteiger partial charge on any atom is -0.278 e. The van der Waals surface area contributed by atoms with Crippen LogP contribution in [0.25, 0.3) is 153 Å². The molecule has 0 saturated heterocycles. The van der Waals surface area contributed by atoms with Gasteiger partial charge in [-0.1, -0.05) is 200 Å². The van der Waals surface area contributed by atoms with Gasteiger partial charge in [0.25, 0.3) is 0 Å². The molecule has 0 unspecified atom stereocenters. The number of fused-ring (bicyclic) bond motifs is 13. The third-order valence-corrected chi connectivity index (χ3v) is 16.3. The number of benzene rings is 11. The molecule has 16 rings (SSSR count). The molecule has 0 bridgehead atoms. The van der Waals surface area contributed by atoms with Gasteiger partial charge in [-0.05, 0) is 91.5 Å². The summed E-state index contributed by atoms with van der Waals surface area (Å²) in [4.78, 5) is 23.1. The molecular weight excluding hydrogens is 933 g/mol. The Morgan fingerprint density at radius 3 is 1.59 bits per heavy atom. The second kappa shape index (κ2) is 16.3. The molecule has 5 heterocycles. The molecule has 0 fully saturated rings. The van der Waals surface area contributed by atoms with Crippen LogP contribution in [0.5, 0.6) is 0 Å². The molecule has 0 aliphatic rings. The molecule has 6 nitrogen and oxygen atoms in total. The lowest BCUT2D eigenvalue weighted by Gasteiger charge is -2.12. The summed E-state index contributed by atoms with van der Waals surface area (Å²) in [7, 11) is 0. The molecule has 0 aliphatic carbocycles. The van der Waals surface area contributed by atoms with Crippen molar-refractivity contribution in [1.29, 1.82) is 0 Å². The van der Waals surface area contributed by atoms with Crippen LogP contribution in [0.2, 0.25) is 0 Å². The van der Waals surface area contributed by atoms with Gasteiger partial charge in [-0.3, -0.25) is 9.13 Å². The molecule has 0 spiro atoms. The summed E-state index contributed by atoms with van der Waals surface area (Å²) < 4.78 is 5.62. The number of para-hydroxylation sites is 1. The van der Waals surface area contributed by atoms with Crippen LogP contribution in [0.15, 0.2) is 243 Å². The van der Waals surface area contributed by atoms with Crippen LogP contribution in [0, 0.1) is 0 Å². The lowest BCUT2D eigenvalue weighted by Crippen LogP contribution is -2.03. The first-order chi connectivity index (χ1) is 37.2. The molecule has 75 heavy (non-hydrogen) atoms. The smallest absolute Gasteiger partial charge is 0.235 e. The fraction of sp³-hybridized carbons (Fsp3) is 0. The normalized spacial score (nSPS) is 12.0. The van der Waals surface area contributed by atoms with Gasteiger partial charge in [0.15, 0.2) is 0 Å². The van der Waals surface area contributed by atoms with E-state index in [0.717, 1.165) is 114 Å². The van der Waals surface area contributed by atoms with Crippen molar-refractivity contribution in [2.24, 2.45) is 0 Å². The SMILES string of the molecule is c1ccc(-c2cc3nc(-n4c5ccc(-c6cccc7c6c6c8ccccc8ccc6n7-c6nc(-c7ccccc7)c7ccccc7n6)cc5c5c6ccccc6ccc54)nc(-c4cccc5ccccc45)c3s2)cc1. The second-order valence-electron chi connectivity index (χ2n) is 19.3. The van der Waals surface area contributed by atoms with Gasteiger partial charge in [0.2, 0.25) is 11.9 Å². The maximum atomic E-state index is 5.66. The van der Waals surface area contributed by atoms with E-state index in [1.54, 1.807) is 11.3 Å². The summed E-state index contributed by atoms with van der Waals surface area (Å²) in [5.74, 6) is 1.26. The third-order valence-electron chi connectivity index (χ3n) is 15.1. The molecule has 7 heteroatoms. The Morgan fingerprint density at radius 2 is 0.827 bits per heavy atom. The van der Waals surface area contributed by atoms with E-state index < -0.39 is 0 Å². The number of hydrogen-bond acceptors (Lipinski definition) is 5. The van der Waals surface area contributed by atoms with Crippen LogP contribution in [-0.4, -0.2) is 29.1 Å². The van der Waals surface area contributed by atoms with Gasteiger partial charge in [-0.25, -0.2) is 19.9 Å². The highest BCUT2D eigenvalue weighted by molar-refractivity contribution is 7.22. The van der Waals surface area contributed by atoms with Gasteiger partial charge >= 0.3 is 0 Å². The zero-order valence-corrected chi connectivity index (χ0v) is 41.0. The summed E-state index contributed by atoms with van der Waals surface area (Å²) in [6, 6.07) is 86.8. The lowest BCUT2D eigenvalue weighted by atomic mass is 9.95. The summed E-state index contributed by atoms with van der Waals surface area (Å²) >= 11 is 1.75. The van der Waals surface area contributed by atoms with Crippen molar-refractivity contribution >= 4 is 108 Å². The zero-order chi connectivity index (χ0) is 49.1. The van der Waals surface area contributed by atoms with Crippen molar-refractivity contribution in [3.63, 3.8) is 0 Å². The molecule has 0 saturated carbocycles. The maximum absolute atomic E-state index is 5.66. The van der Waals surface area contributed by atoms with E-state index in [1.807, 2.05) is 6.07 Å². The Labute approximate surface area is 433 Å². The van der Waals surface area contributed by atoms with Gasteiger partial charge < -0.3 is 0 Å². The first-order valence-electron chi connectivity index (χ1n) is 25.3. The predicted octanol–water partition coefficient (Wildman–Crippen LogP) is 18.0. The van der Waals surface area contributed by atoms with E-state index in [9.17, 15) is 0 Å². The molecule has 0 amide bonds. The first kappa shape index (κ1) is 41.8. The quantitative estimate of drug-likeness (QED) is 0.167. The van der Waals surface area contributed by atoms with Crippen LogP contribution < -0.4 is 0 Å². The van der Waals surface area contributed by atoms with Crippen molar-refractivity contribution in [3.05, 3.63) is 243 Å². The highest BCUT2D eigenvalue weighted by Crippen LogP contribution is 2.46. The summed E-state index contributed by atoms with van der Waals surface area (Å²) in [5.41, 5.74) is 13.3. The topological polar surface area (TPSA) is 61.4 Å². The minimum absolute atomic E-state index is 0.631. The highest BCUT2D eigenvalue weighted by atomic mass is 32.1. The molecule has 16 aromatic rings. The van der Waals surface area contributed by atoms with Gasteiger partial charge in [0.1, 0.15) is 0 Å². The van der Waals surface area contributed by atoms with E-state index in [-0.39, 0.29) is 0 Å². The number of aromatic nitrogens is 6. The van der Waals surface area contributed by atoms with E-state index in [4.69, 9.17) is 19.9 Å². The number of hydrogen-bond donors (Lipinski definition) is 0. The van der Waals surface area contributed by atoms with E-state index in [1.165, 1.54) is 26.9 Å². The Morgan fingerprint density at radius 1 is 0.293 bits per heavy atom. The van der Waals surface area contributed by atoms with Crippen molar-refractivity contribution < 1.29 is 0 Å². The zero-order valence-electron chi connectivity index (χ0n) is 40.2. The van der Waals surface area contributed by atoms with Crippen LogP contribution in [0.1, 0.15) is 0 Å². The molecule has 11 aromatic carbocycles. The molecule has 0 radical (unpaired) electrons. The predicted molar refractivity (Wildman–Crippen MR) is 313 cm³/mol. The second-order valence-corrected chi connectivity index (χ2v) is 20.4. The minimum atomic E-state index is 0.631. The van der Waals surface area contributed by atoms with Crippen molar-refractivity contribution in [1.82, 2.24) is 29.1 Å². The molecule has 5 aromatic heterocycles. The summed E-state index contributed by atoms with van der Waals surface area (Å²) in [6.45, 7) is 0. The standard InChI is InChI=1S/C68H40N6S/c1-3-20-44(21-4-1)60-40-55-66(75-60)65(51-30-15-24-41-17-7-10-25-47(41)51)72-68(70-55)73-56-36-35-46(39-53(56)61-48-26-11-8-18-42(48)33-37-58(61)73)50-29-16-32-57-63(50)62-49-27-12-9-19-43(49)34-38-59(62)74(57)67-69-54-31-14-13-28-52(54)64(71-67)45-22-5-2-6-23-45/h1-40H. The average Bonchev–Trinajstić information content (AvgIpc) is 4.20. The molecule has 348 valence electrons. The van der Waals surface area contributed by atoms with Gasteiger partial charge in [0.05, 0.1) is 49.2 Å². The molecule has 0 atom stereocenters. The fourth-order valence-corrected chi connectivity index (χ4v) is 12.9. The Kier molecular flexibility index (Phi) is 9.10. The Bertz CT molecular complexity index is 5010. The first-order valence-corrected chi connectivity index (χ1v) is 26.1. The number of rotatable bonds is 6. The monoisotopic (exact) mass is 972 g/mol. The average molecular weight is 973 g/mol. The molecular formula is C68H40N6S. The van der Waals surface area contributed by atoms with Crippen LogP contribution in [0.3, 0.4) is 0 Å². The molecule has 0 aliphatic heterocycles. The highest BCUT2D eigenvalue weighted by Gasteiger charge is 2.25. The number of nitrogens with zero attached hydrogens (tertiary/aromatic N) is 6. The molecule has 0 N–H and O–H groups in total. The Hall–Kier alpha value is -9.82. The van der Waals surface area contributed by atoms with Gasteiger partial charge in [-0.2, -0.15) is 0 Å². The maximum Gasteiger partial charge on any atom is 0.235 e. The van der Waals surface area contributed by atoms with Crippen molar-refractivity contribution in [2.45, 2.75) is 0 Å². The third kappa shape index (κ3) is 6.38. The number of thiophene rings is 1. The Balaban J connectivity index is 0.974. The van der Waals surface area contributed by atoms with Crippen molar-refractivity contribution in [2.75, 3.05) is 0 Å².